The van der Waals surface area contributed by atoms with Gasteiger partial charge in [0.25, 0.3) is 0 Å². The van der Waals surface area contributed by atoms with E-state index in [-0.39, 0.29) is 5.91 Å². The van der Waals surface area contributed by atoms with E-state index in [1.165, 1.54) is 12.0 Å². The maximum Gasteiger partial charge on any atom is 0.224 e. The fourth-order valence-corrected chi connectivity index (χ4v) is 2.78. The molecular formula is C15H20N2O2. The molecule has 0 saturated carbocycles. The van der Waals surface area contributed by atoms with E-state index in [0.29, 0.717) is 12.3 Å². The fourth-order valence-electron chi connectivity index (χ4n) is 2.78. The number of fused-ring (bicyclic) bond motifs is 1. The molecule has 1 atom stereocenters. The van der Waals surface area contributed by atoms with Crippen LogP contribution in [0.5, 0.6) is 5.75 Å². The van der Waals surface area contributed by atoms with Crippen molar-refractivity contribution in [1.82, 2.24) is 5.32 Å². The molecule has 1 aromatic carbocycles. The number of ether oxygens (including phenoxy) is 1. The second kappa shape index (κ2) is 5.61. The van der Waals surface area contributed by atoms with Crippen LogP contribution in [-0.2, 0) is 11.2 Å². The Morgan fingerprint density at radius 1 is 1.47 bits per heavy atom. The summed E-state index contributed by atoms with van der Waals surface area (Å²) in [6.07, 6.45) is 3.73. The third-order valence-electron chi connectivity index (χ3n) is 3.92. The van der Waals surface area contributed by atoms with Crippen molar-refractivity contribution in [3.63, 3.8) is 0 Å². The van der Waals surface area contributed by atoms with Crippen molar-refractivity contribution < 1.29 is 9.53 Å². The zero-order valence-corrected chi connectivity index (χ0v) is 11.1. The van der Waals surface area contributed by atoms with E-state index in [2.05, 4.69) is 10.6 Å². The van der Waals surface area contributed by atoms with Gasteiger partial charge in [0.1, 0.15) is 5.75 Å². The summed E-state index contributed by atoms with van der Waals surface area (Å²) in [5.74, 6) is 1.74. The van der Waals surface area contributed by atoms with Crippen LogP contribution in [0.3, 0.4) is 0 Å². The van der Waals surface area contributed by atoms with Crippen LogP contribution in [0.25, 0.3) is 0 Å². The molecule has 1 saturated heterocycles. The highest BCUT2D eigenvalue weighted by Gasteiger charge is 2.16. The van der Waals surface area contributed by atoms with Crippen molar-refractivity contribution >= 4 is 11.6 Å². The lowest BCUT2D eigenvalue weighted by Crippen LogP contribution is -2.15. The minimum absolute atomic E-state index is 0.116. The third-order valence-corrected chi connectivity index (χ3v) is 3.92. The van der Waals surface area contributed by atoms with Gasteiger partial charge in [-0.25, -0.2) is 0 Å². The smallest absolute Gasteiger partial charge is 0.224 e. The number of hydrogen-bond donors (Lipinski definition) is 2. The van der Waals surface area contributed by atoms with Crippen LogP contribution in [0.15, 0.2) is 18.2 Å². The molecule has 4 nitrogen and oxygen atoms in total. The number of hydrogen-bond acceptors (Lipinski definition) is 3. The lowest BCUT2D eigenvalue weighted by atomic mass is 10.0. The number of rotatable bonds is 4. The predicted octanol–water partition coefficient (Wildman–Crippen LogP) is 1.95. The maximum absolute atomic E-state index is 11.9. The first-order valence-corrected chi connectivity index (χ1v) is 7.07. The molecule has 3 rings (SSSR count). The number of benzene rings is 1. The Hall–Kier alpha value is -1.55. The zero-order valence-electron chi connectivity index (χ0n) is 11.1. The average molecular weight is 260 g/mol. The standard InChI is InChI=1S/C15H20N2O2/c18-15(4-1-11-5-7-16-10-11)17-13-2-3-14-12(9-13)6-8-19-14/h2-3,9,11,16H,1,4-8,10H2,(H,17,18). The van der Waals surface area contributed by atoms with E-state index < -0.39 is 0 Å². The zero-order chi connectivity index (χ0) is 13.1. The van der Waals surface area contributed by atoms with Crippen molar-refractivity contribution in [1.29, 1.82) is 0 Å². The highest BCUT2D eigenvalue weighted by molar-refractivity contribution is 5.90. The summed E-state index contributed by atoms with van der Waals surface area (Å²) in [6.45, 7) is 2.90. The molecule has 0 bridgehead atoms. The predicted molar refractivity (Wildman–Crippen MR) is 74.5 cm³/mol. The highest BCUT2D eigenvalue weighted by atomic mass is 16.5. The number of carbonyl (C=O) groups excluding carboxylic acids is 1. The lowest BCUT2D eigenvalue weighted by molar-refractivity contribution is -0.116. The molecule has 2 heterocycles. The molecule has 102 valence electrons. The van der Waals surface area contributed by atoms with Gasteiger partial charge >= 0.3 is 0 Å². The van der Waals surface area contributed by atoms with E-state index >= 15 is 0 Å². The second-order valence-electron chi connectivity index (χ2n) is 5.37. The molecule has 0 aromatic heterocycles. The molecule has 1 aromatic rings. The quantitative estimate of drug-likeness (QED) is 0.870. The molecule has 2 aliphatic rings. The molecule has 4 heteroatoms. The first kappa shape index (κ1) is 12.5. The molecule has 19 heavy (non-hydrogen) atoms. The van der Waals surface area contributed by atoms with Gasteiger partial charge in [0.05, 0.1) is 6.61 Å². The summed E-state index contributed by atoms with van der Waals surface area (Å²) in [5, 5.41) is 6.31. The van der Waals surface area contributed by atoms with Crippen molar-refractivity contribution in [2.45, 2.75) is 25.7 Å². The molecular weight excluding hydrogens is 240 g/mol. The summed E-state index contributed by atoms with van der Waals surface area (Å²) in [5.41, 5.74) is 2.08. The first-order valence-electron chi connectivity index (χ1n) is 7.07. The van der Waals surface area contributed by atoms with Gasteiger partial charge in [-0.3, -0.25) is 4.79 Å². The molecule has 0 spiro atoms. The monoisotopic (exact) mass is 260 g/mol. The third kappa shape index (κ3) is 3.07. The van der Waals surface area contributed by atoms with Gasteiger partial charge in [0.2, 0.25) is 5.91 Å². The van der Waals surface area contributed by atoms with Gasteiger partial charge in [0, 0.05) is 18.5 Å². The summed E-state index contributed by atoms with van der Waals surface area (Å²) in [6, 6.07) is 5.88. The summed E-state index contributed by atoms with van der Waals surface area (Å²) in [4.78, 5) is 11.9. The van der Waals surface area contributed by atoms with E-state index in [9.17, 15) is 4.79 Å². The van der Waals surface area contributed by atoms with Gasteiger partial charge < -0.3 is 15.4 Å². The minimum atomic E-state index is 0.116. The van der Waals surface area contributed by atoms with Crippen LogP contribution < -0.4 is 15.4 Å². The number of carbonyl (C=O) groups is 1. The highest BCUT2D eigenvalue weighted by Crippen LogP contribution is 2.28. The SMILES string of the molecule is O=C(CCC1CCNC1)Nc1ccc2c(c1)CCO2. The van der Waals surface area contributed by atoms with Gasteiger partial charge in [-0.05, 0) is 55.6 Å². The van der Waals surface area contributed by atoms with E-state index in [1.54, 1.807) is 0 Å². The van der Waals surface area contributed by atoms with Gasteiger partial charge in [-0.2, -0.15) is 0 Å². The van der Waals surface area contributed by atoms with Crippen LogP contribution in [0, 0.1) is 5.92 Å². The Kier molecular flexibility index (Phi) is 3.69. The van der Waals surface area contributed by atoms with Crippen molar-refractivity contribution in [2.75, 3.05) is 25.0 Å². The molecule has 2 aliphatic heterocycles. The van der Waals surface area contributed by atoms with Gasteiger partial charge in [-0.1, -0.05) is 0 Å². The summed E-state index contributed by atoms with van der Waals surface area (Å²) < 4.78 is 5.45. The molecule has 2 N–H and O–H groups in total. The Balaban J connectivity index is 1.51. The van der Waals surface area contributed by atoms with Crippen LogP contribution in [0.2, 0.25) is 0 Å². The number of nitrogens with one attached hydrogen (secondary N) is 2. The number of amides is 1. The van der Waals surface area contributed by atoms with Crippen molar-refractivity contribution in [3.8, 4) is 5.75 Å². The van der Waals surface area contributed by atoms with E-state index in [4.69, 9.17) is 4.74 Å². The molecule has 1 fully saturated rings. The molecule has 0 aliphatic carbocycles. The van der Waals surface area contributed by atoms with Crippen LogP contribution in [-0.4, -0.2) is 25.6 Å². The van der Waals surface area contributed by atoms with Gasteiger partial charge in [0.15, 0.2) is 0 Å². The lowest BCUT2D eigenvalue weighted by Gasteiger charge is -2.09. The van der Waals surface area contributed by atoms with Gasteiger partial charge in [-0.15, -0.1) is 0 Å². The maximum atomic E-state index is 11.9. The number of anilines is 1. The van der Waals surface area contributed by atoms with Crippen LogP contribution in [0.1, 0.15) is 24.8 Å². The van der Waals surface area contributed by atoms with Crippen molar-refractivity contribution in [2.24, 2.45) is 5.92 Å². The normalized spacial score (nSPS) is 20.9. The molecule has 1 unspecified atom stereocenters. The Morgan fingerprint density at radius 2 is 2.42 bits per heavy atom. The summed E-state index contributed by atoms with van der Waals surface area (Å²) in [7, 11) is 0. The fraction of sp³-hybridized carbons (Fsp3) is 0.533. The largest absolute Gasteiger partial charge is 0.493 e. The van der Waals surface area contributed by atoms with Crippen LogP contribution in [0.4, 0.5) is 5.69 Å². The Bertz CT molecular complexity index is 467. The average Bonchev–Trinajstić information content (AvgIpc) is 3.07. The topological polar surface area (TPSA) is 50.4 Å². The summed E-state index contributed by atoms with van der Waals surface area (Å²) >= 11 is 0. The second-order valence-corrected chi connectivity index (χ2v) is 5.37. The molecule has 1 amide bonds. The van der Waals surface area contributed by atoms with E-state index in [1.807, 2.05) is 18.2 Å². The Morgan fingerprint density at radius 3 is 3.26 bits per heavy atom. The minimum Gasteiger partial charge on any atom is -0.493 e. The van der Waals surface area contributed by atoms with E-state index in [0.717, 1.165) is 44.0 Å². The first-order chi connectivity index (χ1) is 9.31. The molecule has 0 radical (unpaired) electrons. The van der Waals surface area contributed by atoms with Crippen molar-refractivity contribution in [3.05, 3.63) is 23.8 Å². The Labute approximate surface area is 113 Å². The van der Waals surface area contributed by atoms with Crippen LogP contribution >= 0.6 is 0 Å².